The summed E-state index contributed by atoms with van der Waals surface area (Å²) in [6, 6.07) is -0.292. The fourth-order valence-electron chi connectivity index (χ4n) is 2.63. The largest absolute Gasteiger partial charge is 0.481 e. The summed E-state index contributed by atoms with van der Waals surface area (Å²) in [5.41, 5.74) is 0. The van der Waals surface area contributed by atoms with Crippen molar-refractivity contribution in [1.29, 1.82) is 0 Å². The van der Waals surface area contributed by atoms with Crippen LogP contribution in [0, 0.1) is 0 Å². The van der Waals surface area contributed by atoms with Crippen molar-refractivity contribution in [3.05, 3.63) is 0 Å². The number of sulfone groups is 1. The molecule has 0 aliphatic carbocycles. The number of hydrogen-bond acceptors (Lipinski definition) is 4. The molecule has 0 bridgehead atoms. The Labute approximate surface area is 111 Å². The molecule has 2 saturated heterocycles. The van der Waals surface area contributed by atoms with Crippen molar-refractivity contribution in [3.8, 4) is 0 Å². The third kappa shape index (κ3) is 2.74. The smallest absolute Gasteiger partial charge is 0.303 e. The molecule has 0 radical (unpaired) electrons. The normalized spacial score (nSPS) is 32.7. The number of unbranched alkanes of at least 4 members (excludes halogenated alkanes) is 1. The Bertz CT molecular complexity index is 462. The molecule has 3 unspecified atom stereocenters. The second kappa shape index (κ2) is 5.00. The Morgan fingerprint density at radius 1 is 1.39 bits per heavy atom. The van der Waals surface area contributed by atoms with E-state index >= 15 is 0 Å². The van der Waals surface area contributed by atoms with Crippen LogP contribution in [0.25, 0.3) is 0 Å². The van der Waals surface area contributed by atoms with E-state index in [2.05, 4.69) is 10.6 Å². The van der Waals surface area contributed by atoms with Crippen molar-refractivity contribution in [2.75, 3.05) is 5.75 Å². The average molecular weight is 292 g/mol. The van der Waals surface area contributed by atoms with Crippen LogP contribution in [0.5, 0.6) is 0 Å². The van der Waals surface area contributed by atoms with Crippen molar-refractivity contribution < 1.29 is 18.3 Å². The van der Waals surface area contributed by atoms with Gasteiger partial charge in [0, 0.05) is 6.42 Å². The molecule has 0 saturated carbocycles. The highest BCUT2D eigenvalue weighted by atomic mass is 32.2. The average Bonchev–Trinajstić information content (AvgIpc) is 2.66. The number of fused-ring (bicyclic) bond motifs is 1. The summed E-state index contributed by atoms with van der Waals surface area (Å²) in [5, 5.41) is 14.5. The topological polar surface area (TPSA) is 95.5 Å². The molecule has 0 spiro atoms. The minimum Gasteiger partial charge on any atom is -0.481 e. The summed E-state index contributed by atoms with van der Waals surface area (Å²) in [6.07, 6.45) is 1.70. The van der Waals surface area contributed by atoms with Gasteiger partial charge in [-0.3, -0.25) is 4.79 Å². The van der Waals surface area contributed by atoms with Crippen LogP contribution < -0.4 is 10.6 Å². The summed E-state index contributed by atoms with van der Waals surface area (Å²) in [6.45, 7) is 0. The Balaban J connectivity index is 1.93. The molecule has 0 aromatic heterocycles. The van der Waals surface area contributed by atoms with Crippen LogP contribution in [0.15, 0.2) is 0 Å². The number of thiocarbonyl (C=S) groups is 1. The zero-order valence-electron chi connectivity index (χ0n) is 9.76. The Hall–Kier alpha value is -0.890. The zero-order valence-corrected chi connectivity index (χ0v) is 11.4. The van der Waals surface area contributed by atoms with Crippen LogP contribution in [-0.2, 0) is 14.6 Å². The lowest BCUT2D eigenvalue weighted by Crippen LogP contribution is -2.38. The number of carboxylic acids is 1. The second-order valence-electron chi connectivity index (χ2n) is 4.76. The van der Waals surface area contributed by atoms with E-state index < -0.39 is 21.1 Å². The van der Waals surface area contributed by atoms with Crippen LogP contribution in [-0.4, -0.2) is 47.7 Å². The Morgan fingerprint density at radius 3 is 2.78 bits per heavy atom. The molecular formula is C10H16N2O4S2. The third-order valence-corrected chi connectivity index (χ3v) is 5.96. The summed E-state index contributed by atoms with van der Waals surface area (Å²) >= 11 is 4.98. The van der Waals surface area contributed by atoms with Gasteiger partial charge in [-0.25, -0.2) is 8.42 Å². The van der Waals surface area contributed by atoms with Gasteiger partial charge in [0.1, 0.15) is 0 Å². The van der Waals surface area contributed by atoms with E-state index in [0.29, 0.717) is 24.4 Å². The monoisotopic (exact) mass is 292 g/mol. The van der Waals surface area contributed by atoms with Gasteiger partial charge in [0.15, 0.2) is 14.9 Å². The number of nitrogens with one attached hydrogen (secondary N) is 2. The first-order valence-corrected chi connectivity index (χ1v) is 8.03. The maximum absolute atomic E-state index is 12.0. The summed E-state index contributed by atoms with van der Waals surface area (Å²) in [4.78, 5) is 10.4. The third-order valence-electron chi connectivity index (χ3n) is 3.45. The lowest BCUT2D eigenvalue weighted by molar-refractivity contribution is -0.137. The summed E-state index contributed by atoms with van der Waals surface area (Å²) in [7, 11) is -3.10. The van der Waals surface area contributed by atoms with Crippen LogP contribution in [0.3, 0.4) is 0 Å². The fourth-order valence-corrected chi connectivity index (χ4v) is 5.18. The SMILES string of the molecule is O=C(O)CCCCC1C2NC(=S)NC2CS1(=O)=O. The number of hydrogen-bond donors (Lipinski definition) is 3. The van der Waals surface area contributed by atoms with E-state index in [4.69, 9.17) is 17.3 Å². The summed E-state index contributed by atoms with van der Waals surface area (Å²) < 4.78 is 23.9. The van der Waals surface area contributed by atoms with Crippen LogP contribution in [0.4, 0.5) is 0 Å². The van der Waals surface area contributed by atoms with Gasteiger partial charge in [-0.15, -0.1) is 0 Å². The van der Waals surface area contributed by atoms with Gasteiger partial charge >= 0.3 is 5.97 Å². The molecule has 2 fully saturated rings. The van der Waals surface area contributed by atoms with E-state index in [-0.39, 0.29) is 24.3 Å². The minimum atomic E-state index is -3.10. The number of rotatable bonds is 5. The molecule has 0 aromatic rings. The molecule has 8 heteroatoms. The lowest BCUT2D eigenvalue weighted by atomic mass is 10.0. The van der Waals surface area contributed by atoms with Gasteiger partial charge in [0.05, 0.1) is 23.1 Å². The van der Waals surface area contributed by atoms with Crippen molar-refractivity contribution in [3.63, 3.8) is 0 Å². The number of carbonyl (C=O) groups is 1. The first-order valence-electron chi connectivity index (χ1n) is 5.90. The van der Waals surface area contributed by atoms with E-state index in [9.17, 15) is 13.2 Å². The van der Waals surface area contributed by atoms with Gasteiger partial charge in [0.2, 0.25) is 0 Å². The molecule has 2 heterocycles. The van der Waals surface area contributed by atoms with Crippen molar-refractivity contribution in [2.24, 2.45) is 0 Å². The van der Waals surface area contributed by atoms with Crippen LogP contribution in [0.2, 0.25) is 0 Å². The molecule has 0 aromatic carbocycles. The molecular weight excluding hydrogens is 276 g/mol. The zero-order chi connectivity index (χ0) is 13.3. The number of carboxylic acid groups (broad SMARTS) is 1. The first kappa shape index (κ1) is 13.5. The van der Waals surface area contributed by atoms with E-state index in [1.807, 2.05) is 0 Å². The van der Waals surface area contributed by atoms with E-state index in [1.165, 1.54) is 0 Å². The molecule has 2 rings (SSSR count). The van der Waals surface area contributed by atoms with Crippen molar-refractivity contribution >= 4 is 33.1 Å². The van der Waals surface area contributed by atoms with E-state index in [1.54, 1.807) is 0 Å². The maximum Gasteiger partial charge on any atom is 0.303 e. The van der Waals surface area contributed by atoms with Crippen molar-refractivity contribution in [1.82, 2.24) is 10.6 Å². The van der Waals surface area contributed by atoms with Gasteiger partial charge in [-0.05, 0) is 25.1 Å². The molecule has 3 N–H and O–H groups in total. The highest BCUT2D eigenvalue weighted by molar-refractivity contribution is 7.92. The lowest BCUT2D eigenvalue weighted by Gasteiger charge is -2.16. The molecule has 6 nitrogen and oxygen atoms in total. The van der Waals surface area contributed by atoms with Crippen LogP contribution in [0.1, 0.15) is 25.7 Å². The number of aliphatic carboxylic acids is 1. The Kier molecular flexibility index (Phi) is 3.76. The predicted molar refractivity (Wildman–Crippen MR) is 70.1 cm³/mol. The molecule has 0 amide bonds. The first-order chi connectivity index (χ1) is 8.40. The minimum absolute atomic E-state index is 0.0882. The molecule has 2 aliphatic rings. The maximum atomic E-state index is 12.0. The van der Waals surface area contributed by atoms with Gasteiger partial charge in [0.25, 0.3) is 0 Å². The van der Waals surface area contributed by atoms with Gasteiger partial charge < -0.3 is 15.7 Å². The second-order valence-corrected chi connectivity index (χ2v) is 7.43. The molecule has 102 valence electrons. The quantitative estimate of drug-likeness (QED) is 0.470. The van der Waals surface area contributed by atoms with Crippen molar-refractivity contribution in [2.45, 2.75) is 43.0 Å². The molecule has 18 heavy (non-hydrogen) atoms. The Morgan fingerprint density at radius 2 is 2.11 bits per heavy atom. The van der Waals surface area contributed by atoms with Gasteiger partial charge in [-0.2, -0.15) is 0 Å². The highest BCUT2D eigenvalue weighted by Crippen LogP contribution is 2.28. The van der Waals surface area contributed by atoms with Crippen LogP contribution >= 0.6 is 12.2 Å². The molecule has 2 aliphatic heterocycles. The summed E-state index contributed by atoms with van der Waals surface area (Å²) in [5.74, 6) is -0.738. The fraction of sp³-hybridized carbons (Fsp3) is 0.800. The standard InChI is InChI=1S/C10H16N2O4S2/c13-8(14)4-2-1-3-7-9-6(5-18(7,15)16)11-10(17)12-9/h6-7,9H,1-5H2,(H,13,14)(H2,11,12,17). The predicted octanol–water partition coefficient (Wildman–Crippen LogP) is -0.357. The van der Waals surface area contributed by atoms with E-state index in [0.717, 1.165) is 0 Å². The molecule has 3 atom stereocenters. The van der Waals surface area contributed by atoms with Gasteiger partial charge in [-0.1, -0.05) is 6.42 Å². The highest BCUT2D eigenvalue weighted by Gasteiger charge is 2.50.